The number of aromatic nitrogens is 2. The molecule has 0 N–H and O–H groups in total. The number of fused-ring (bicyclic) bond motifs is 1. The first kappa shape index (κ1) is 19.6. The predicted octanol–water partition coefficient (Wildman–Crippen LogP) is 4.28. The molecular formula is C21H19F4N3O. The van der Waals surface area contributed by atoms with Crippen LogP contribution in [0, 0.1) is 11.6 Å². The van der Waals surface area contributed by atoms with Crippen molar-refractivity contribution in [1.29, 1.82) is 0 Å². The monoisotopic (exact) mass is 405 g/mol. The van der Waals surface area contributed by atoms with E-state index in [0.29, 0.717) is 18.5 Å². The third kappa shape index (κ3) is 3.89. The van der Waals surface area contributed by atoms with E-state index in [1.807, 2.05) is 4.90 Å². The minimum absolute atomic E-state index is 0.103. The van der Waals surface area contributed by atoms with Crippen molar-refractivity contribution in [1.82, 2.24) is 14.5 Å². The Kier molecular flexibility index (Phi) is 5.36. The topological polar surface area (TPSA) is 38.1 Å². The van der Waals surface area contributed by atoms with Gasteiger partial charge in [0.05, 0.1) is 23.5 Å². The van der Waals surface area contributed by atoms with Crippen LogP contribution in [-0.2, 0) is 13.1 Å². The highest BCUT2D eigenvalue weighted by molar-refractivity contribution is 5.77. The Balaban J connectivity index is 1.77. The molecule has 29 heavy (non-hydrogen) atoms. The molecule has 4 nitrogen and oxygen atoms in total. The van der Waals surface area contributed by atoms with Crippen LogP contribution < -0.4 is 5.56 Å². The van der Waals surface area contributed by atoms with Crippen LogP contribution in [-0.4, -0.2) is 27.4 Å². The number of para-hydroxylation sites is 1. The predicted molar refractivity (Wildman–Crippen MR) is 101 cm³/mol. The van der Waals surface area contributed by atoms with Crippen LogP contribution in [0.2, 0.25) is 0 Å². The quantitative estimate of drug-likeness (QED) is 0.595. The molecule has 1 aliphatic heterocycles. The molecule has 2 aromatic carbocycles. The van der Waals surface area contributed by atoms with E-state index in [-0.39, 0.29) is 23.3 Å². The van der Waals surface area contributed by atoms with Crippen LogP contribution in [0.3, 0.4) is 0 Å². The minimum atomic E-state index is -2.72. The number of likely N-dealkylation sites (tertiary alicyclic amines) is 1. The summed E-state index contributed by atoms with van der Waals surface area (Å²) in [5, 5.41) is 0.276. The van der Waals surface area contributed by atoms with Crippen LogP contribution in [0.25, 0.3) is 10.9 Å². The Morgan fingerprint density at radius 1 is 1.14 bits per heavy atom. The lowest BCUT2D eigenvalue weighted by Gasteiger charge is -2.26. The Morgan fingerprint density at radius 2 is 1.93 bits per heavy atom. The van der Waals surface area contributed by atoms with Crippen molar-refractivity contribution in [2.24, 2.45) is 0 Å². The third-order valence-electron chi connectivity index (χ3n) is 5.25. The Hall–Kier alpha value is -2.74. The molecule has 0 spiro atoms. The zero-order chi connectivity index (χ0) is 20.5. The van der Waals surface area contributed by atoms with Gasteiger partial charge in [-0.2, -0.15) is 0 Å². The molecule has 1 fully saturated rings. The van der Waals surface area contributed by atoms with E-state index in [1.165, 1.54) is 0 Å². The fourth-order valence-electron chi connectivity index (χ4n) is 3.95. The number of nitrogens with zero attached hydrogens (tertiary/aromatic N) is 3. The summed E-state index contributed by atoms with van der Waals surface area (Å²) < 4.78 is 55.1. The molecule has 1 aromatic heterocycles. The van der Waals surface area contributed by atoms with Crippen LogP contribution >= 0.6 is 0 Å². The summed E-state index contributed by atoms with van der Waals surface area (Å²) in [5.41, 5.74) is 0.0944. The summed E-state index contributed by atoms with van der Waals surface area (Å²) in [6.45, 7) is -0.0890. The summed E-state index contributed by atoms with van der Waals surface area (Å²) in [7, 11) is 0. The van der Waals surface area contributed by atoms with Crippen molar-refractivity contribution >= 4 is 10.9 Å². The molecule has 1 atom stereocenters. The molecule has 0 bridgehead atoms. The lowest BCUT2D eigenvalue weighted by molar-refractivity contribution is 0.120. The second-order valence-corrected chi connectivity index (χ2v) is 7.16. The Labute approximate surface area is 164 Å². The molecule has 2 heterocycles. The highest BCUT2D eigenvalue weighted by Crippen LogP contribution is 2.33. The van der Waals surface area contributed by atoms with E-state index in [0.717, 1.165) is 29.2 Å². The van der Waals surface area contributed by atoms with Crippen molar-refractivity contribution in [3.63, 3.8) is 0 Å². The number of alkyl halides is 2. The molecule has 0 radical (unpaired) electrons. The van der Waals surface area contributed by atoms with E-state index in [2.05, 4.69) is 4.98 Å². The van der Waals surface area contributed by atoms with E-state index in [9.17, 15) is 22.4 Å². The maximum Gasteiger partial charge on any atom is 0.261 e. The molecule has 8 heteroatoms. The van der Waals surface area contributed by atoms with Gasteiger partial charge in [-0.1, -0.05) is 12.1 Å². The number of hydrogen-bond donors (Lipinski definition) is 0. The molecule has 3 aromatic rings. The maximum atomic E-state index is 14.1. The molecule has 1 aliphatic rings. The maximum absolute atomic E-state index is 14.1. The fourth-order valence-corrected chi connectivity index (χ4v) is 3.95. The van der Waals surface area contributed by atoms with E-state index in [4.69, 9.17) is 0 Å². The molecule has 1 unspecified atom stereocenters. The molecular weight excluding hydrogens is 386 g/mol. The number of benzene rings is 2. The van der Waals surface area contributed by atoms with Gasteiger partial charge in [-0.3, -0.25) is 14.3 Å². The van der Waals surface area contributed by atoms with Crippen molar-refractivity contribution in [3.8, 4) is 0 Å². The van der Waals surface area contributed by atoms with E-state index in [1.54, 1.807) is 24.3 Å². The van der Waals surface area contributed by atoms with Gasteiger partial charge < -0.3 is 0 Å². The third-order valence-corrected chi connectivity index (χ3v) is 5.25. The van der Waals surface area contributed by atoms with Gasteiger partial charge in [0, 0.05) is 12.1 Å². The zero-order valence-electron chi connectivity index (χ0n) is 15.5. The van der Waals surface area contributed by atoms with Gasteiger partial charge in [0.25, 0.3) is 12.0 Å². The van der Waals surface area contributed by atoms with Gasteiger partial charge in [-0.15, -0.1) is 0 Å². The highest BCUT2D eigenvalue weighted by atomic mass is 19.3. The van der Waals surface area contributed by atoms with Crippen LogP contribution in [0.1, 0.15) is 30.3 Å². The number of rotatable bonds is 5. The zero-order valence-corrected chi connectivity index (χ0v) is 15.5. The van der Waals surface area contributed by atoms with Gasteiger partial charge in [0.15, 0.2) is 0 Å². The highest BCUT2D eigenvalue weighted by Gasteiger charge is 2.31. The van der Waals surface area contributed by atoms with Gasteiger partial charge in [-0.05, 0) is 49.7 Å². The van der Waals surface area contributed by atoms with E-state index >= 15 is 0 Å². The minimum Gasteiger partial charge on any atom is -0.289 e. The summed E-state index contributed by atoms with van der Waals surface area (Å²) in [6, 6.07) is 9.42. The largest absolute Gasteiger partial charge is 0.289 e. The number of hydrogen-bond acceptors (Lipinski definition) is 3. The standard InChI is InChI=1S/C21H19F4N3O/c22-14-7-8-16(23)13(10-14)11-27-9-3-6-18(27)20-26-17-5-2-1-4-15(17)21(29)28(20)12-19(24)25/h1-2,4-5,7-8,10,18-19H,3,6,9,11-12H2. The van der Waals surface area contributed by atoms with Crippen molar-refractivity contribution in [2.45, 2.75) is 38.4 Å². The Morgan fingerprint density at radius 3 is 2.72 bits per heavy atom. The van der Waals surface area contributed by atoms with Gasteiger partial charge in [0.1, 0.15) is 17.5 Å². The van der Waals surface area contributed by atoms with Crippen molar-refractivity contribution in [2.75, 3.05) is 6.54 Å². The summed E-state index contributed by atoms with van der Waals surface area (Å²) in [4.78, 5) is 19.2. The molecule has 1 saturated heterocycles. The fraction of sp³-hybridized carbons (Fsp3) is 0.333. The van der Waals surface area contributed by atoms with Crippen molar-refractivity contribution in [3.05, 3.63) is 75.8 Å². The van der Waals surface area contributed by atoms with Crippen LogP contribution in [0.15, 0.2) is 47.3 Å². The number of halogens is 4. The lowest BCUT2D eigenvalue weighted by atomic mass is 10.1. The first-order valence-electron chi connectivity index (χ1n) is 9.39. The van der Waals surface area contributed by atoms with Gasteiger partial charge in [0.2, 0.25) is 0 Å². The van der Waals surface area contributed by atoms with Gasteiger partial charge in [-0.25, -0.2) is 22.5 Å². The summed E-state index contributed by atoms with van der Waals surface area (Å²) in [6.07, 6.45) is -1.39. The SMILES string of the molecule is O=c1c2ccccc2nc(C2CCCN2Cc2cc(F)ccc2F)n1CC(F)F. The van der Waals surface area contributed by atoms with Crippen LogP contribution in [0.4, 0.5) is 17.6 Å². The molecule has 0 aliphatic carbocycles. The smallest absolute Gasteiger partial charge is 0.261 e. The molecule has 152 valence electrons. The molecule has 0 saturated carbocycles. The molecule has 4 rings (SSSR count). The lowest BCUT2D eigenvalue weighted by Crippen LogP contribution is -2.33. The van der Waals surface area contributed by atoms with Crippen LogP contribution in [0.5, 0.6) is 0 Å². The second-order valence-electron chi connectivity index (χ2n) is 7.16. The average molecular weight is 405 g/mol. The summed E-state index contributed by atoms with van der Waals surface area (Å²) in [5.74, 6) is -0.840. The van der Waals surface area contributed by atoms with Gasteiger partial charge >= 0.3 is 0 Å². The summed E-state index contributed by atoms with van der Waals surface area (Å²) >= 11 is 0. The Bertz CT molecular complexity index is 1100. The van der Waals surface area contributed by atoms with Crippen molar-refractivity contribution < 1.29 is 17.6 Å². The normalized spacial score (nSPS) is 17.5. The second kappa shape index (κ2) is 7.94. The first-order chi connectivity index (χ1) is 13.9. The average Bonchev–Trinajstić information content (AvgIpc) is 3.14. The molecule has 0 amide bonds. The first-order valence-corrected chi connectivity index (χ1v) is 9.39. The van der Waals surface area contributed by atoms with E-state index < -0.39 is 36.2 Å².